The van der Waals surface area contributed by atoms with Crippen LogP contribution >= 0.6 is 0 Å². The molecular formula is C18H29NO2. The topological polar surface area (TPSA) is 30.5 Å². The number of nitrogens with one attached hydrogen (secondary N) is 1. The molecule has 21 heavy (non-hydrogen) atoms. The molecule has 1 N–H and O–H groups in total. The summed E-state index contributed by atoms with van der Waals surface area (Å²) in [5.41, 5.74) is 3.03. The van der Waals surface area contributed by atoms with Gasteiger partial charge < -0.3 is 14.8 Å². The normalized spacial score (nSPS) is 16.6. The molecule has 118 valence electrons. The summed E-state index contributed by atoms with van der Waals surface area (Å²) in [5.74, 6) is 1.05. The van der Waals surface area contributed by atoms with Crippen LogP contribution in [0, 0.1) is 0 Å². The van der Waals surface area contributed by atoms with Crippen molar-refractivity contribution < 1.29 is 9.47 Å². The maximum atomic E-state index is 5.78. The van der Waals surface area contributed by atoms with Gasteiger partial charge in [-0.25, -0.2) is 0 Å². The molecule has 0 fully saturated rings. The number of fused-ring (bicyclic) bond motifs is 1. The van der Waals surface area contributed by atoms with Crippen LogP contribution in [0.25, 0.3) is 0 Å². The predicted molar refractivity (Wildman–Crippen MR) is 87.4 cm³/mol. The van der Waals surface area contributed by atoms with E-state index in [9.17, 15) is 0 Å². The van der Waals surface area contributed by atoms with Crippen molar-refractivity contribution in [2.24, 2.45) is 0 Å². The van der Waals surface area contributed by atoms with Gasteiger partial charge in [-0.05, 0) is 30.0 Å². The van der Waals surface area contributed by atoms with E-state index in [0.29, 0.717) is 0 Å². The first-order valence-corrected chi connectivity index (χ1v) is 7.84. The summed E-state index contributed by atoms with van der Waals surface area (Å²) in [4.78, 5) is 0. The molecule has 1 aromatic rings. The van der Waals surface area contributed by atoms with E-state index in [0.717, 1.165) is 38.5 Å². The fourth-order valence-electron chi connectivity index (χ4n) is 2.79. The summed E-state index contributed by atoms with van der Waals surface area (Å²) in [6.07, 6.45) is 1.11. The van der Waals surface area contributed by atoms with E-state index in [-0.39, 0.29) is 10.8 Å². The quantitative estimate of drug-likeness (QED) is 0.782. The Morgan fingerprint density at radius 2 is 2.05 bits per heavy atom. The van der Waals surface area contributed by atoms with Gasteiger partial charge in [-0.3, -0.25) is 0 Å². The first-order valence-electron chi connectivity index (χ1n) is 7.84. The lowest BCUT2D eigenvalue weighted by Crippen LogP contribution is -2.28. The van der Waals surface area contributed by atoms with Crippen molar-refractivity contribution in [2.45, 2.75) is 44.9 Å². The molecule has 0 amide bonds. The second-order valence-electron chi connectivity index (χ2n) is 7.26. The lowest BCUT2D eigenvalue weighted by atomic mass is 9.78. The molecule has 0 spiro atoms. The van der Waals surface area contributed by atoms with Crippen LogP contribution < -0.4 is 10.1 Å². The molecule has 1 heterocycles. The zero-order chi connectivity index (χ0) is 15.5. The molecule has 0 unspecified atom stereocenters. The Morgan fingerprint density at radius 3 is 2.76 bits per heavy atom. The third-order valence-electron chi connectivity index (χ3n) is 4.49. The van der Waals surface area contributed by atoms with E-state index in [2.05, 4.69) is 51.2 Å². The first-order chi connectivity index (χ1) is 9.87. The maximum Gasteiger partial charge on any atom is 0.123 e. The first kappa shape index (κ1) is 16.3. The van der Waals surface area contributed by atoms with Gasteiger partial charge in [0.25, 0.3) is 0 Å². The Morgan fingerprint density at radius 1 is 1.29 bits per heavy atom. The highest BCUT2D eigenvalue weighted by atomic mass is 16.5. The standard InChI is InChI=1S/C18H29NO2/c1-17(2,8-9-19-10-11-20-5)14-6-7-16-15(12-14)18(3,4)13-21-16/h6-7,12,19H,8-11,13H2,1-5H3. The minimum Gasteiger partial charge on any atom is -0.492 e. The molecule has 3 heteroatoms. The largest absolute Gasteiger partial charge is 0.492 e. The van der Waals surface area contributed by atoms with Gasteiger partial charge in [-0.1, -0.05) is 39.8 Å². The van der Waals surface area contributed by atoms with Crippen LogP contribution in [0.5, 0.6) is 5.75 Å². The third-order valence-corrected chi connectivity index (χ3v) is 4.49. The average molecular weight is 291 g/mol. The van der Waals surface area contributed by atoms with Gasteiger partial charge in [-0.15, -0.1) is 0 Å². The number of benzene rings is 1. The number of hydrogen-bond acceptors (Lipinski definition) is 3. The second kappa shape index (κ2) is 6.37. The Labute approximate surface area is 129 Å². The number of rotatable bonds is 7. The van der Waals surface area contributed by atoms with E-state index in [4.69, 9.17) is 9.47 Å². The van der Waals surface area contributed by atoms with E-state index in [1.165, 1.54) is 11.1 Å². The minimum absolute atomic E-state index is 0.123. The molecule has 0 aliphatic carbocycles. The molecule has 0 radical (unpaired) electrons. The third kappa shape index (κ3) is 3.78. The summed E-state index contributed by atoms with van der Waals surface area (Å²) in [7, 11) is 1.74. The fraction of sp³-hybridized carbons (Fsp3) is 0.667. The maximum absolute atomic E-state index is 5.78. The highest BCUT2D eigenvalue weighted by Gasteiger charge is 2.33. The fourth-order valence-corrected chi connectivity index (χ4v) is 2.79. The zero-order valence-corrected chi connectivity index (χ0v) is 14.1. The lowest BCUT2D eigenvalue weighted by molar-refractivity contribution is 0.198. The monoisotopic (exact) mass is 291 g/mol. The summed E-state index contributed by atoms with van der Waals surface area (Å²) in [5, 5.41) is 3.43. The van der Waals surface area contributed by atoms with Gasteiger partial charge in [0, 0.05) is 24.6 Å². The van der Waals surface area contributed by atoms with Crippen LogP contribution in [-0.2, 0) is 15.6 Å². The van der Waals surface area contributed by atoms with Gasteiger partial charge in [0.05, 0.1) is 13.2 Å². The van der Waals surface area contributed by atoms with Crippen LogP contribution in [0.2, 0.25) is 0 Å². The minimum atomic E-state index is 0.123. The zero-order valence-electron chi connectivity index (χ0n) is 14.1. The SMILES string of the molecule is COCCNCCC(C)(C)c1ccc2c(c1)C(C)(C)CO2. The Bertz CT molecular complexity index is 480. The molecule has 1 aliphatic heterocycles. The van der Waals surface area contributed by atoms with E-state index in [1.54, 1.807) is 7.11 Å². The van der Waals surface area contributed by atoms with Gasteiger partial charge in [-0.2, -0.15) is 0 Å². The second-order valence-corrected chi connectivity index (χ2v) is 7.26. The van der Waals surface area contributed by atoms with Crippen LogP contribution in [-0.4, -0.2) is 33.4 Å². The van der Waals surface area contributed by atoms with Crippen molar-refractivity contribution in [1.82, 2.24) is 5.32 Å². The number of ether oxygens (including phenoxy) is 2. The Hall–Kier alpha value is -1.06. The molecule has 0 bridgehead atoms. The van der Waals surface area contributed by atoms with Gasteiger partial charge in [0.15, 0.2) is 0 Å². The average Bonchev–Trinajstić information content (AvgIpc) is 2.74. The highest BCUT2D eigenvalue weighted by molar-refractivity contribution is 5.46. The van der Waals surface area contributed by atoms with Crippen LogP contribution in [0.4, 0.5) is 0 Å². The summed E-state index contributed by atoms with van der Waals surface area (Å²) < 4.78 is 10.8. The van der Waals surface area contributed by atoms with Crippen molar-refractivity contribution in [3.8, 4) is 5.75 Å². The van der Waals surface area contributed by atoms with Crippen molar-refractivity contribution in [1.29, 1.82) is 0 Å². The van der Waals surface area contributed by atoms with Crippen LogP contribution in [0.3, 0.4) is 0 Å². The summed E-state index contributed by atoms with van der Waals surface area (Å²) in [6, 6.07) is 6.70. The molecule has 0 saturated carbocycles. The Kier molecular flexibility index (Phi) is 4.95. The molecular weight excluding hydrogens is 262 g/mol. The van der Waals surface area contributed by atoms with Crippen molar-refractivity contribution >= 4 is 0 Å². The van der Waals surface area contributed by atoms with E-state index >= 15 is 0 Å². The number of hydrogen-bond donors (Lipinski definition) is 1. The van der Waals surface area contributed by atoms with Crippen molar-refractivity contribution in [3.63, 3.8) is 0 Å². The van der Waals surface area contributed by atoms with Crippen LogP contribution in [0.15, 0.2) is 18.2 Å². The molecule has 0 atom stereocenters. The predicted octanol–water partition coefficient (Wildman–Crippen LogP) is 3.26. The number of methoxy groups -OCH3 is 1. The molecule has 1 aromatic carbocycles. The molecule has 0 saturated heterocycles. The summed E-state index contributed by atoms with van der Waals surface area (Å²) >= 11 is 0. The van der Waals surface area contributed by atoms with Crippen molar-refractivity contribution in [3.05, 3.63) is 29.3 Å². The molecule has 1 aliphatic rings. The molecule has 3 nitrogen and oxygen atoms in total. The van der Waals surface area contributed by atoms with E-state index in [1.807, 2.05) is 0 Å². The van der Waals surface area contributed by atoms with E-state index < -0.39 is 0 Å². The Balaban J connectivity index is 2.03. The van der Waals surface area contributed by atoms with Crippen LogP contribution in [0.1, 0.15) is 45.2 Å². The molecule has 0 aromatic heterocycles. The smallest absolute Gasteiger partial charge is 0.123 e. The molecule has 2 rings (SSSR count). The van der Waals surface area contributed by atoms with Crippen molar-refractivity contribution in [2.75, 3.05) is 33.4 Å². The van der Waals surface area contributed by atoms with Gasteiger partial charge >= 0.3 is 0 Å². The van der Waals surface area contributed by atoms with Gasteiger partial charge in [0.1, 0.15) is 5.75 Å². The van der Waals surface area contributed by atoms with Gasteiger partial charge in [0.2, 0.25) is 0 Å². The lowest BCUT2D eigenvalue weighted by Gasteiger charge is -2.27. The summed E-state index contributed by atoms with van der Waals surface area (Å²) in [6.45, 7) is 12.6. The highest BCUT2D eigenvalue weighted by Crippen LogP contribution is 2.41.